The van der Waals surface area contributed by atoms with Crippen molar-refractivity contribution in [3.63, 3.8) is 0 Å². The van der Waals surface area contributed by atoms with Crippen LogP contribution in [0.4, 0.5) is 17.8 Å². The van der Waals surface area contributed by atoms with Gasteiger partial charge in [-0.05, 0) is 33.6 Å². The molecule has 2 heterocycles. The molecule has 0 atom stereocenters. The van der Waals surface area contributed by atoms with Crippen LogP contribution in [-0.4, -0.2) is 54.6 Å². The molecule has 0 radical (unpaired) electrons. The molecule has 2 N–H and O–H groups in total. The van der Waals surface area contributed by atoms with Gasteiger partial charge in [0.2, 0.25) is 17.8 Å². The van der Waals surface area contributed by atoms with Crippen molar-refractivity contribution >= 4 is 55.9 Å². The van der Waals surface area contributed by atoms with Crippen molar-refractivity contribution in [1.29, 1.82) is 0 Å². The van der Waals surface area contributed by atoms with Gasteiger partial charge < -0.3 is 19.7 Å². The van der Waals surface area contributed by atoms with Crippen molar-refractivity contribution in [2.45, 2.75) is 6.54 Å². The van der Waals surface area contributed by atoms with E-state index in [1.807, 2.05) is 42.5 Å². The van der Waals surface area contributed by atoms with Gasteiger partial charge in [0.05, 0.1) is 31.0 Å². The summed E-state index contributed by atoms with van der Waals surface area (Å²) < 4.78 is 12.6. The van der Waals surface area contributed by atoms with Crippen LogP contribution in [0.3, 0.4) is 0 Å². The SMILES string of the molecule is COc1c(Br)cc(Br)cc1/C=N/Nc1nc(NCc2ccccc2)nc(N2CCOCC2)n1. The Kier molecular flexibility index (Phi) is 8.08. The lowest BCUT2D eigenvalue weighted by Gasteiger charge is -2.27. The van der Waals surface area contributed by atoms with Crippen molar-refractivity contribution in [2.24, 2.45) is 5.10 Å². The molecule has 1 aromatic heterocycles. The molecule has 0 amide bonds. The fraction of sp³-hybridized carbons (Fsp3) is 0.273. The Morgan fingerprint density at radius 1 is 1.09 bits per heavy atom. The molecule has 4 rings (SSSR count). The maximum atomic E-state index is 5.47. The van der Waals surface area contributed by atoms with Crippen LogP contribution in [0.1, 0.15) is 11.1 Å². The number of nitrogens with zero attached hydrogens (tertiary/aromatic N) is 5. The average molecular weight is 577 g/mol. The number of halogens is 2. The van der Waals surface area contributed by atoms with E-state index >= 15 is 0 Å². The van der Waals surface area contributed by atoms with Crippen LogP contribution in [-0.2, 0) is 11.3 Å². The third-order valence-corrected chi connectivity index (χ3v) is 5.87. The lowest BCUT2D eigenvalue weighted by molar-refractivity contribution is 0.122. The Balaban J connectivity index is 1.55. The van der Waals surface area contributed by atoms with Gasteiger partial charge in [0.25, 0.3) is 0 Å². The fourth-order valence-corrected chi connectivity index (χ4v) is 4.65. The number of hydrogen-bond donors (Lipinski definition) is 2. The predicted molar refractivity (Wildman–Crippen MR) is 136 cm³/mol. The van der Waals surface area contributed by atoms with E-state index in [-0.39, 0.29) is 0 Å². The van der Waals surface area contributed by atoms with E-state index in [1.54, 1.807) is 13.3 Å². The van der Waals surface area contributed by atoms with Gasteiger partial charge in [-0.15, -0.1) is 0 Å². The molecule has 172 valence electrons. The van der Waals surface area contributed by atoms with Gasteiger partial charge in [-0.2, -0.15) is 20.1 Å². The fourth-order valence-electron chi connectivity index (χ4n) is 3.23. The topological polar surface area (TPSA) is 96.8 Å². The van der Waals surface area contributed by atoms with Gasteiger partial charge in [0.1, 0.15) is 5.75 Å². The van der Waals surface area contributed by atoms with Crippen LogP contribution < -0.4 is 20.4 Å². The predicted octanol–water partition coefficient (Wildman–Crippen LogP) is 4.30. The van der Waals surface area contributed by atoms with Crippen molar-refractivity contribution in [1.82, 2.24) is 15.0 Å². The highest BCUT2D eigenvalue weighted by Gasteiger charge is 2.16. The minimum Gasteiger partial charge on any atom is -0.495 e. The first-order valence-electron chi connectivity index (χ1n) is 10.3. The van der Waals surface area contributed by atoms with Gasteiger partial charge in [-0.25, -0.2) is 5.43 Å². The lowest BCUT2D eigenvalue weighted by atomic mass is 10.2. The standard InChI is InChI=1S/C22H23Br2N7O2/c1-32-19-16(11-17(23)12-18(19)24)14-26-30-21-27-20(25-13-15-5-3-2-4-6-15)28-22(29-21)31-7-9-33-10-8-31/h2-6,11-12,14H,7-10,13H2,1H3,(H2,25,27,28,29,30)/b26-14+. The largest absolute Gasteiger partial charge is 0.495 e. The highest BCUT2D eigenvalue weighted by molar-refractivity contribution is 9.11. The van der Waals surface area contributed by atoms with Gasteiger partial charge in [-0.1, -0.05) is 46.3 Å². The molecule has 0 aliphatic carbocycles. The Morgan fingerprint density at radius 2 is 1.85 bits per heavy atom. The third kappa shape index (κ3) is 6.40. The minimum atomic E-state index is 0.339. The highest BCUT2D eigenvalue weighted by atomic mass is 79.9. The van der Waals surface area contributed by atoms with Gasteiger partial charge in [0, 0.05) is 29.7 Å². The molecule has 1 aliphatic rings. The molecule has 33 heavy (non-hydrogen) atoms. The lowest BCUT2D eigenvalue weighted by Crippen LogP contribution is -2.37. The second kappa shape index (κ2) is 11.4. The Labute approximate surface area is 208 Å². The summed E-state index contributed by atoms with van der Waals surface area (Å²) >= 11 is 6.99. The Bertz CT molecular complexity index is 1110. The molecular formula is C22H23Br2N7O2. The second-order valence-electron chi connectivity index (χ2n) is 7.10. The number of nitrogens with one attached hydrogen (secondary N) is 2. The van der Waals surface area contributed by atoms with Crippen molar-refractivity contribution < 1.29 is 9.47 Å². The smallest absolute Gasteiger partial charge is 0.250 e. The highest BCUT2D eigenvalue weighted by Crippen LogP contribution is 2.31. The zero-order chi connectivity index (χ0) is 23.0. The molecule has 0 saturated carbocycles. The molecule has 3 aromatic rings. The maximum Gasteiger partial charge on any atom is 0.250 e. The molecule has 9 nitrogen and oxygen atoms in total. The first kappa shape index (κ1) is 23.4. The van der Waals surface area contributed by atoms with E-state index in [0.717, 1.165) is 20.1 Å². The van der Waals surface area contributed by atoms with E-state index in [1.165, 1.54) is 0 Å². The molecule has 0 bridgehead atoms. The first-order valence-corrected chi connectivity index (χ1v) is 11.9. The van der Waals surface area contributed by atoms with Gasteiger partial charge in [-0.3, -0.25) is 0 Å². The monoisotopic (exact) mass is 575 g/mol. The summed E-state index contributed by atoms with van der Waals surface area (Å²) in [6.45, 7) is 3.30. The molecule has 0 unspecified atom stereocenters. The molecule has 1 aliphatic heterocycles. The van der Waals surface area contributed by atoms with Crippen molar-refractivity contribution in [3.8, 4) is 5.75 Å². The summed E-state index contributed by atoms with van der Waals surface area (Å²) in [7, 11) is 1.62. The van der Waals surface area contributed by atoms with Crippen LogP contribution in [0, 0.1) is 0 Å². The number of aromatic nitrogens is 3. The zero-order valence-electron chi connectivity index (χ0n) is 18.0. The summed E-state index contributed by atoms with van der Waals surface area (Å²) in [4.78, 5) is 15.7. The first-order chi connectivity index (χ1) is 16.1. The van der Waals surface area contributed by atoms with Gasteiger partial charge >= 0.3 is 0 Å². The van der Waals surface area contributed by atoms with Crippen LogP contribution in [0.25, 0.3) is 0 Å². The number of anilines is 3. The number of hydrogen-bond acceptors (Lipinski definition) is 9. The van der Waals surface area contributed by atoms with Crippen LogP contribution in [0.5, 0.6) is 5.75 Å². The zero-order valence-corrected chi connectivity index (χ0v) is 21.1. The Morgan fingerprint density at radius 3 is 2.61 bits per heavy atom. The van der Waals surface area contributed by atoms with Crippen molar-refractivity contribution in [3.05, 3.63) is 62.5 Å². The summed E-state index contributed by atoms with van der Waals surface area (Å²) in [6, 6.07) is 13.9. The number of hydrazone groups is 1. The number of methoxy groups -OCH3 is 1. The van der Waals surface area contributed by atoms with Crippen LogP contribution >= 0.6 is 31.9 Å². The van der Waals surface area contributed by atoms with E-state index < -0.39 is 0 Å². The molecular weight excluding hydrogens is 554 g/mol. The average Bonchev–Trinajstić information content (AvgIpc) is 2.84. The van der Waals surface area contributed by atoms with E-state index in [2.05, 4.69) is 67.6 Å². The summed E-state index contributed by atoms with van der Waals surface area (Å²) in [5.74, 6) is 2.06. The normalized spacial score (nSPS) is 13.8. The van der Waals surface area contributed by atoms with E-state index in [9.17, 15) is 0 Å². The number of benzene rings is 2. The molecule has 1 fully saturated rings. The number of ether oxygens (including phenoxy) is 2. The van der Waals surface area contributed by atoms with Crippen molar-refractivity contribution in [2.75, 3.05) is 49.1 Å². The number of rotatable bonds is 8. The quantitative estimate of drug-likeness (QED) is 0.303. The maximum absolute atomic E-state index is 5.47. The summed E-state index contributed by atoms with van der Waals surface area (Å²) in [5, 5.41) is 7.61. The minimum absolute atomic E-state index is 0.339. The molecule has 11 heteroatoms. The molecule has 2 aromatic carbocycles. The van der Waals surface area contributed by atoms with E-state index in [4.69, 9.17) is 9.47 Å². The third-order valence-electron chi connectivity index (χ3n) is 4.82. The van der Waals surface area contributed by atoms with Crippen LogP contribution in [0.15, 0.2) is 56.5 Å². The van der Waals surface area contributed by atoms with Crippen LogP contribution in [0.2, 0.25) is 0 Å². The van der Waals surface area contributed by atoms with E-state index in [0.29, 0.717) is 56.4 Å². The molecule has 0 spiro atoms. The second-order valence-corrected chi connectivity index (χ2v) is 8.87. The number of morpholine rings is 1. The summed E-state index contributed by atoms with van der Waals surface area (Å²) in [6.07, 6.45) is 1.66. The Hall–Kier alpha value is -2.76. The molecule has 1 saturated heterocycles. The van der Waals surface area contributed by atoms with Gasteiger partial charge in [0.15, 0.2) is 0 Å². The summed E-state index contributed by atoms with van der Waals surface area (Å²) in [5.41, 5.74) is 4.84.